The van der Waals surface area contributed by atoms with E-state index in [0.717, 1.165) is 32.1 Å². The van der Waals surface area contributed by atoms with Gasteiger partial charge in [-0.25, -0.2) is 8.78 Å². The first kappa shape index (κ1) is 14.9. The summed E-state index contributed by atoms with van der Waals surface area (Å²) in [6.07, 6.45) is 2.05. The van der Waals surface area contributed by atoms with Gasteiger partial charge in [0.15, 0.2) is 0 Å². The van der Waals surface area contributed by atoms with Crippen molar-refractivity contribution in [3.63, 3.8) is 0 Å². The van der Waals surface area contributed by atoms with Gasteiger partial charge < -0.3 is 10.6 Å². The average molecular weight is 279 g/mol. The number of piperidine rings is 1. The number of halogens is 2. The number of nitriles is 1. The Bertz CT molecular complexity index is 502. The second-order valence-corrected chi connectivity index (χ2v) is 5.30. The van der Waals surface area contributed by atoms with E-state index in [9.17, 15) is 14.0 Å². The van der Waals surface area contributed by atoms with Crippen molar-refractivity contribution in [3.05, 3.63) is 35.4 Å². The molecule has 1 fully saturated rings. The molecule has 0 atom stereocenters. The summed E-state index contributed by atoms with van der Waals surface area (Å²) in [6, 6.07) is 5.74. The van der Waals surface area contributed by atoms with Gasteiger partial charge in [0.05, 0.1) is 11.5 Å². The van der Waals surface area contributed by atoms with Crippen LogP contribution in [-0.2, 0) is 5.41 Å². The van der Waals surface area contributed by atoms with Gasteiger partial charge in [0, 0.05) is 11.6 Å². The molecule has 20 heavy (non-hydrogen) atoms. The van der Waals surface area contributed by atoms with Gasteiger partial charge in [-0.3, -0.25) is 0 Å². The van der Waals surface area contributed by atoms with E-state index in [0.29, 0.717) is 24.9 Å². The average Bonchev–Trinajstić information content (AvgIpc) is 2.46. The van der Waals surface area contributed by atoms with E-state index in [2.05, 4.69) is 11.0 Å². The predicted molar refractivity (Wildman–Crippen MR) is 73.0 cm³/mol. The maximum atomic E-state index is 13.9. The van der Waals surface area contributed by atoms with Crippen molar-refractivity contribution in [2.75, 3.05) is 26.2 Å². The van der Waals surface area contributed by atoms with Crippen molar-refractivity contribution in [2.24, 2.45) is 5.73 Å². The van der Waals surface area contributed by atoms with Gasteiger partial charge in [0.2, 0.25) is 0 Å². The van der Waals surface area contributed by atoms with Crippen molar-refractivity contribution in [1.29, 1.82) is 5.26 Å². The summed E-state index contributed by atoms with van der Waals surface area (Å²) in [7, 11) is 0. The Morgan fingerprint density at radius 2 is 2.00 bits per heavy atom. The third-order valence-electron chi connectivity index (χ3n) is 4.05. The highest BCUT2D eigenvalue weighted by Gasteiger charge is 2.38. The van der Waals surface area contributed by atoms with Gasteiger partial charge in [0.25, 0.3) is 0 Å². The zero-order chi connectivity index (χ0) is 14.6. The SMILES string of the molecule is N#CC1(c2ccc(F)cc2F)CCN(CCCN)CC1. The largest absolute Gasteiger partial charge is 0.330 e. The van der Waals surface area contributed by atoms with Crippen LogP contribution < -0.4 is 5.73 Å². The summed E-state index contributed by atoms with van der Waals surface area (Å²) in [5.41, 5.74) is 4.97. The normalized spacial score (nSPS) is 18.7. The van der Waals surface area contributed by atoms with Crippen molar-refractivity contribution in [2.45, 2.75) is 24.7 Å². The molecule has 0 amide bonds. The molecule has 0 aromatic heterocycles. The van der Waals surface area contributed by atoms with Crippen molar-refractivity contribution in [1.82, 2.24) is 4.90 Å². The molecule has 0 saturated carbocycles. The summed E-state index contributed by atoms with van der Waals surface area (Å²) < 4.78 is 26.9. The first-order chi connectivity index (χ1) is 9.61. The third kappa shape index (κ3) is 2.97. The molecule has 5 heteroatoms. The highest BCUT2D eigenvalue weighted by Crippen LogP contribution is 2.36. The first-order valence-electron chi connectivity index (χ1n) is 6.90. The van der Waals surface area contributed by atoms with E-state index in [1.54, 1.807) is 0 Å². The molecule has 0 spiro atoms. The van der Waals surface area contributed by atoms with Gasteiger partial charge in [-0.2, -0.15) is 5.26 Å². The zero-order valence-electron chi connectivity index (χ0n) is 11.4. The molecule has 0 bridgehead atoms. The van der Waals surface area contributed by atoms with Crippen LogP contribution in [0.3, 0.4) is 0 Å². The minimum atomic E-state index is -0.836. The Morgan fingerprint density at radius 1 is 1.30 bits per heavy atom. The van der Waals surface area contributed by atoms with E-state index in [4.69, 9.17) is 5.73 Å². The fourth-order valence-electron chi connectivity index (χ4n) is 2.79. The number of hydrogen-bond acceptors (Lipinski definition) is 3. The van der Waals surface area contributed by atoms with Crippen LogP contribution in [0.25, 0.3) is 0 Å². The molecule has 3 nitrogen and oxygen atoms in total. The van der Waals surface area contributed by atoms with Crippen LogP contribution in [0, 0.1) is 23.0 Å². The number of hydrogen-bond donors (Lipinski definition) is 1. The molecule has 1 heterocycles. The lowest BCUT2D eigenvalue weighted by atomic mass is 9.73. The Hall–Kier alpha value is -1.51. The Labute approximate surface area is 118 Å². The van der Waals surface area contributed by atoms with E-state index in [1.807, 2.05) is 0 Å². The van der Waals surface area contributed by atoms with Crippen LogP contribution in [0.15, 0.2) is 18.2 Å². The number of nitrogens with two attached hydrogens (primary N) is 1. The summed E-state index contributed by atoms with van der Waals surface area (Å²) in [4.78, 5) is 2.24. The van der Waals surface area contributed by atoms with Gasteiger partial charge >= 0.3 is 0 Å². The van der Waals surface area contributed by atoms with Gasteiger partial charge in [-0.15, -0.1) is 0 Å². The van der Waals surface area contributed by atoms with Crippen LogP contribution in [0.5, 0.6) is 0 Å². The molecular weight excluding hydrogens is 260 g/mol. The summed E-state index contributed by atoms with van der Waals surface area (Å²) in [5, 5.41) is 9.50. The zero-order valence-corrected chi connectivity index (χ0v) is 11.4. The second-order valence-electron chi connectivity index (χ2n) is 5.30. The van der Waals surface area contributed by atoms with Crippen LogP contribution >= 0.6 is 0 Å². The predicted octanol–water partition coefficient (Wildman–Crippen LogP) is 2.17. The van der Waals surface area contributed by atoms with Crippen LogP contribution in [0.1, 0.15) is 24.8 Å². The highest BCUT2D eigenvalue weighted by molar-refractivity contribution is 5.34. The topological polar surface area (TPSA) is 53.0 Å². The van der Waals surface area contributed by atoms with Gasteiger partial charge in [-0.05, 0) is 51.5 Å². The van der Waals surface area contributed by atoms with Gasteiger partial charge in [-0.1, -0.05) is 6.07 Å². The monoisotopic (exact) mass is 279 g/mol. The van der Waals surface area contributed by atoms with E-state index in [1.165, 1.54) is 12.1 Å². The minimum absolute atomic E-state index is 0.319. The first-order valence-corrected chi connectivity index (χ1v) is 6.90. The second kappa shape index (κ2) is 6.29. The quantitative estimate of drug-likeness (QED) is 0.919. The van der Waals surface area contributed by atoms with Gasteiger partial charge in [0.1, 0.15) is 11.6 Å². The molecule has 1 aliphatic heterocycles. The Balaban J connectivity index is 2.15. The lowest BCUT2D eigenvalue weighted by Crippen LogP contribution is -2.43. The lowest BCUT2D eigenvalue weighted by molar-refractivity contribution is 0.183. The Kier molecular flexibility index (Phi) is 4.69. The summed E-state index contributed by atoms with van der Waals surface area (Å²) in [5.74, 6) is -1.23. The molecule has 0 radical (unpaired) electrons. The molecule has 1 aromatic carbocycles. The molecule has 108 valence electrons. The van der Waals surface area contributed by atoms with Crippen molar-refractivity contribution >= 4 is 0 Å². The molecular formula is C15H19F2N3. The standard InChI is InChI=1S/C15H19F2N3/c16-12-2-3-13(14(17)10-12)15(11-19)4-8-20(9-5-15)7-1-6-18/h2-3,10H,1,4-9,18H2. The van der Waals surface area contributed by atoms with E-state index in [-0.39, 0.29) is 0 Å². The molecule has 1 saturated heterocycles. The fourth-order valence-corrected chi connectivity index (χ4v) is 2.79. The molecule has 2 N–H and O–H groups in total. The molecule has 2 rings (SSSR count). The summed E-state index contributed by atoms with van der Waals surface area (Å²) >= 11 is 0. The third-order valence-corrected chi connectivity index (χ3v) is 4.05. The number of likely N-dealkylation sites (tertiary alicyclic amines) is 1. The number of rotatable bonds is 4. The minimum Gasteiger partial charge on any atom is -0.330 e. The molecule has 0 unspecified atom stereocenters. The van der Waals surface area contributed by atoms with Crippen LogP contribution in [-0.4, -0.2) is 31.1 Å². The van der Waals surface area contributed by atoms with Crippen LogP contribution in [0.4, 0.5) is 8.78 Å². The van der Waals surface area contributed by atoms with Crippen LogP contribution in [0.2, 0.25) is 0 Å². The fraction of sp³-hybridized carbons (Fsp3) is 0.533. The molecule has 1 aromatic rings. The van der Waals surface area contributed by atoms with Crippen molar-refractivity contribution < 1.29 is 8.78 Å². The summed E-state index contributed by atoms with van der Waals surface area (Å²) in [6.45, 7) is 3.03. The lowest BCUT2D eigenvalue weighted by Gasteiger charge is -2.37. The highest BCUT2D eigenvalue weighted by atomic mass is 19.1. The maximum Gasteiger partial charge on any atom is 0.130 e. The maximum absolute atomic E-state index is 13.9. The molecule has 0 aliphatic carbocycles. The van der Waals surface area contributed by atoms with E-state index < -0.39 is 17.0 Å². The smallest absolute Gasteiger partial charge is 0.130 e. The number of benzene rings is 1. The molecule has 1 aliphatic rings. The Morgan fingerprint density at radius 3 is 2.55 bits per heavy atom. The van der Waals surface area contributed by atoms with E-state index >= 15 is 0 Å². The van der Waals surface area contributed by atoms with Crippen molar-refractivity contribution in [3.8, 4) is 6.07 Å². The number of nitrogens with zero attached hydrogens (tertiary/aromatic N) is 2.